The number of amides is 1. The van der Waals surface area contributed by atoms with E-state index in [2.05, 4.69) is 34.6 Å². The molecule has 0 unspecified atom stereocenters. The molecule has 0 saturated heterocycles. The van der Waals surface area contributed by atoms with Crippen LogP contribution in [0.4, 0.5) is 5.13 Å². The number of nitrogens with one attached hydrogen (secondary N) is 1. The molecule has 0 saturated carbocycles. The Kier molecular flexibility index (Phi) is 6.06. The summed E-state index contributed by atoms with van der Waals surface area (Å²) < 4.78 is 10.6. The van der Waals surface area contributed by atoms with Crippen molar-refractivity contribution in [1.29, 1.82) is 0 Å². The number of methoxy groups -OCH3 is 1. The van der Waals surface area contributed by atoms with Gasteiger partial charge < -0.3 is 9.47 Å². The zero-order valence-corrected chi connectivity index (χ0v) is 17.2. The Morgan fingerprint density at radius 1 is 0.867 bits per heavy atom. The molecule has 4 rings (SSSR count). The molecule has 5 nitrogen and oxygen atoms in total. The Morgan fingerprint density at radius 3 is 2.20 bits per heavy atom. The van der Waals surface area contributed by atoms with E-state index < -0.39 is 0 Å². The first-order valence-electron chi connectivity index (χ1n) is 9.39. The Bertz CT molecular complexity index is 1110. The lowest BCUT2D eigenvalue weighted by atomic mass is 10.0. The molecule has 0 aliphatic rings. The van der Waals surface area contributed by atoms with Crippen LogP contribution in [0, 0.1) is 0 Å². The molecule has 3 aromatic carbocycles. The van der Waals surface area contributed by atoms with Crippen LogP contribution in [0.25, 0.3) is 22.4 Å². The molecule has 30 heavy (non-hydrogen) atoms. The van der Waals surface area contributed by atoms with Crippen molar-refractivity contribution in [2.24, 2.45) is 0 Å². The molecule has 6 heteroatoms. The van der Waals surface area contributed by atoms with Crippen LogP contribution in [-0.2, 0) is 4.79 Å². The van der Waals surface area contributed by atoms with E-state index >= 15 is 0 Å². The predicted octanol–water partition coefficient (Wildman–Crippen LogP) is 5.50. The van der Waals surface area contributed by atoms with Crippen LogP contribution in [0.15, 0.2) is 84.2 Å². The van der Waals surface area contributed by atoms with E-state index in [-0.39, 0.29) is 12.5 Å². The van der Waals surface area contributed by atoms with E-state index in [9.17, 15) is 4.79 Å². The Hall–Kier alpha value is -3.64. The first-order chi connectivity index (χ1) is 14.7. The minimum absolute atomic E-state index is 0.0903. The second-order valence-electron chi connectivity index (χ2n) is 6.49. The summed E-state index contributed by atoms with van der Waals surface area (Å²) in [6, 6.07) is 25.5. The quantitative estimate of drug-likeness (QED) is 0.432. The Balaban J connectivity index is 1.34. The summed E-state index contributed by atoms with van der Waals surface area (Å²) in [6.07, 6.45) is 0. The summed E-state index contributed by atoms with van der Waals surface area (Å²) in [5.41, 5.74) is 4.15. The molecule has 4 aromatic rings. The summed E-state index contributed by atoms with van der Waals surface area (Å²) >= 11 is 1.38. The first-order valence-corrected chi connectivity index (χ1v) is 10.3. The average molecular weight is 417 g/mol. The Labute approximate surface area is 178 Å². The summed E-state index contributed by atoms with van der Waals surface area (Å²) in [5.74, 6) is 1.08. The van der Waals surface area contributed by atoms with E-state index in [1.807, 2.05) is 35.7 Å². The molecule has 0 fully saturated rings. The van der Waals surface area contributed by atoms with Gasteiger partial charge in [0.15, 0.2) is 11.7 Å². The molecular formula is C24H20N2O3S. The predicted molar refractivity (Wildman–Crippen MR) is 120 cm³/mol. The fourth-order valence-electron chi connectivity index (χ4n) is 2.90. The Morgan fingerprint density at radius 2 is 1.50 bits per heavy atom. The molecule has 0 atom stereocenters. The van der Waals surface area contributed by atoms with Crippen molar-refractivity contribution >= 4 is 22.4 Å². The molecule has 0 bridgehead atoms. The van der Waals surface area contributed by atoms with Crippen molar-refractivity contribution in [2.45, 2.75) is 0 Å². The third kappa shape index (κ3) is 4.85. The smallest absolute Gasteiger partial charge is 0.264 e. The maximum atomic E-state index is 12.2. The maximum absolute atomic E-state index is 12.2. The number of ether oxygens (including phenoxy) is 2. The highest BCUT2D eigenvalue weighted by atomic mass is 32.1. The van der Waals surface area contributed by atoms with Gasteiger partial charge in [0.1, 0.15) is 11.5 Å². The SMILES string of the molecule is COc1ccc(OCC(=O)Nc2nc(-c3ccc(-c4ccccc4)cc3)cs2)cc1. The zero-order chi connectivity index (χ0) is 20.8. The number of aromatic nitrogens is 1. The lowest BCUT2D eigenvalue weighted by Crippen LogP contribution is -2.20. The number of thiazole rings is 1. The average Bonchev–Trinajstić information content (AvgIpc) is 3.27. The molecule has 0 radical (unpaired) electrons. The summed E-state index contributed by atoms with van der Waals surface area (Å²) in [7, 11) is 1.60. The van der Waals surface area contributed by atoms with E-state index in [1.165, 1.54) is 16.9 Å². The minimum Gasteiger partial charge on any atom is -0.497 e. The van der Waals surface area contributed by atoms with E-state index in [0.717, 1.165) is 22.6 Å². The van der Waals surface area contributed by atoms with Gasteiger partial charge in [-0.1, -0.05) is 54.6 Å². The second-order valence-corrected chi connectivity index (χ2v) is 7.35. The van der Waals surface area contributed by atoms with Crippen LogP contribution >= 0.6 is 11.3 Å². The van der Waals surface area contributed by atoms with Crippen LogP contribution in [0.3, 0.4) is 0 Å². The van der Waals surface area contributed by atoms with Crippen LogP contribution in [-0.4, -0.2) is 24.6 Å². The lowest BCUT2D eigenvalue weighted by molar-refractivity contribution is -0.118. The van der Waals surface area contributed by atoms with Crippen molar-refractivity contribution in [3.63, 3.8) is 0 Å². The van der Waals surface area contributed by atoms with Crippen LogP contribution < -0.4 is 14.8 Å². The number of carbonyl (C=O) groups excluding carboxylic acids is 1. The maximum Gasteiger partial charge on any atom is 0.264 e. The van der Waals surface area contributed by atoms with Gasteiger partial charge in [-0.2, -0.15) is 0 Å². The normalized spacial score (nSPS) is 10.4. The highest BCUT2D eigenvalue weighted by Crippen LogP contribution is 2.27. The van der Waals surface area contributed by atoms with Gasteiger partial charge >= 0.3 is 0 Å². The first kappa shape index (κ1) is 19.7. The van der Waals surface area contributed by atoms with Crippen LogP contribution in [0.1, 0.15) is 0 Å². The van der Waals surface area contributed by atoms with Gasteiger partial charge in [-0.15, -0.1) is 11.3 Å². The van der Waals surface area contributed by atoms with Crippen molar-refractivity contribution in [2.75, 3.05) is 19.0 Å². The fourth-order valence-corrected chi connectivity index (χ4v) is 3.64. The third-order valence-electron chi connectivity index (χ3n) is 4.47. The molecular weight excluding hydrogens is 396 g/mol. The summed E-state index contributed by atoms with van der Waals surface area (Å²) in [6.45, 7) is -0.0903. The molecule has 1 aromatic heterocycles. The number of rotatable bonds is 7. The summed E-state index contributed by atoms with van der Waals surface area (Å²) in [4.78, 5) is 16.7. The monoisotopic (exact) mass is 416 g/mol. The topological polar surface area (TPSA) is 60.5 Å². The fraction of sp³-hybridized carbons (Fsp3) is 0.0833. The van der Waals surface area contributed by atoms with Gasteiger partial charge in [0.2, 0.25) is 0 Å². The van der Waals surface area contributed by atoms with E-state index in [1.54, 1.807) is 31.4 Å². The van der Waals surface area contributed by atoms with Gasteiger partial charge in [0.05, 0.1) is 12.8 Å². The number of hydrogen-bond donors (Lipinski definition) is 1. The van der Waals surface area contributed by atoms with E-state index in [0.29, 0.717) is 10.9 Å². The molecule has 0 spiro atoms. The number of carbonyl (C=O) groups is 1. The highest BCUT2D eigenvalue weighted by molar-refractivity contribution is 7.14. The van der Waals surface area contributed by atoms with Crippen LogP contribution in [0.5, 0.6) is 11.5 Å². The van der Waals surface area contributed by atoms with Crippen molar-refractivity contribution in [3.8, 4) is 33.9 Å². The van der Waals surface area contributed by atoms with Gasteiger partial charge in [-0.25, -0.2) is 4.98 Å². The van der Waals surface area contributed by atoms with Gasteiger partial charge in [-0.3, -0.25) is 10.1 Å². The number of nitrogens with zero attached hydrogens (tertiary/aromatic N) is 1. The van der Waals surface area contributed by atoms with Gasteiger partial charge in [-0.05, 0) is 35.4 Å². The number of hydrogen-bond acceptors (Lipinski definition) is 5. The van der Waals surface area contributed by atoms with E-state index in [4.69, 9.17) is 9.47 Å². The molecule has 150 valence electrons. The minimum atomic E-state index is -0.258. The third-order valence-corrected chi connectivity index (χ3v) is 5.23. The van der Waals surface area contributed by atoms with Gasteiger partial charge in [0, 0.05) is 10.9 Å². The number of anilines is 1. The molecule has 1 amide bonds. The molecule has 1 heterocycles. The van der Waals surface area contributed by atoms with Crippen molar-refractivity contribution in [3.05, 3.63) is 84.2 Å². The number of benzene rings is 3. The highest BCUT2D eigenvalue weighted by Gasteiger charge is 2.09. The van der Waals surface area contributed by atoms with Crippen LogP contribution in [0.2, 0.25) is 0 Å². The van der Waals surface area contributed by atoms with Gasteiger partial charge in [0.25, 0.3) is 5.91 Å². The van der Waals surface area contributed by atoms with Crippen molar-refractivity contribution in [1.82, 2.24) is 4.98 Å². The standard InChI is InChI=1S/C24H20N2O3S/c1-28-20-11-13-21(14-12-20)29-15-23(27)26-24-25-22(16-30-24)19-9-7-18(8-10-19)17-5-3-2-4-6-17/h2-14,16H,15H2,1H3,(H,25,26,27). The molecule has 1 N–H and O–H groups in total. The second kappa shape index (κ2) is 9.24. The molecule has 0 aliphatic carbocycles. The lowest BCUT2D eigenvalue weighted by Gasteiger charge is -2.06. The summed E-state index contributed by atoms with van der Waals surface area (Å²) in [5, 5.41) is 5.25. The van der Waals surface area contributed by atoms with Crippen molar-refractivity contribution < 1.29 is 14.3 Å². The molecule has 0 aliphatic heterocycles. The zero-order valence-electron chi connectivity index (χ0n) is 16.4. The largest absolute Gasteiger partial charge is 0.497 e.